The van der Waals surface area contributed by atoms with Crippen LogP contribution in [-0.2, 0) is 0 Å². The summed E-state index contributed by atoms with van der Waals surface area (Å²) in [4.78, 5) is 0. The first-order valence-electron chi connectivity index (χ1n) is 21.8. The first-order valence-corrected chi connectivity index (χ1v) is 21.8. The lowest BCUT2D eigenvalue weighted by atomic mass is 9.72. The molecular formula is C56H42O12. The first kappa shape index (κ1) is 41.8. The quantitative estimate of drug-likeness (QED) is 0.0675. The van der Waals surface area contributed by atoms with Crippen molar-refractivity contribution in [1.29, 1.82) is 0 Å². The monoisotopic (exact) mass is 906 g/mol. The summed E-state index contributed by atoms with van der Waals surface area (Å²) in [5.74, 6) is -3.17. The number of fused-ring (bicyclic) bond motifs is 3. The van der Waals surface area contributed by atoms with E-state index in [0.717, 1.165) is 0 Å². The Hall–Kier alpha value is -8.90. The van der Waals surface area contributed by atoms with Crippen molar-refractivity contribution in [3.05, 3.63) is 212 Å². The number of phenols is 10. The molecule has 8 aromatic carbocycles. The van der Waals surface area contributed by atoms with Crippen LogP contribution >= 0.6 is 0 Å². The molecule has 0 saturated carbocycles. The molecule has 0 spiro atoms. The van der Waals surface area contributed by atoms with Gasteiger partial charge >= 0.3 is 0 Å². The number of phenolic OH excluding ortho intramolecular Hbond substituents is 10. The molecule has 6 atom stereocenters. The highest BCUT2D eigenvalue weighted by Crippen LogP contribution is 2.63. The van der Waals surface area contributed by atoms with Crippen molar-refractivity contribution in [2.24, 2.45) is 0 Å². The number of hydrogen-bond donors (Lipinski definition) is 10. The Kier molecular flexibility index (Phi) is 9.78. The van der Waals surface area contributed by atoms with Crippen LogP contribution in [0, 0.1) is 0 Å². The number of rotatable bonds is 7. The Morgan fingerprint density at radius 3 is 1.41 bits per heavy atom. The van der Waals surface area contributed by atoms with E-state index in [9.17, 15) is 51.1 Å². The second-order valence-corrected chi connectivity index (χ2v) is 17.6. The maximum atomic E-state index is 12.1. The van der Waals surface area contributed by atoms with E-state index in [2.05, 4.69) is 0 Å². The van der Waals surface area contributed by atoms with Gasteiger partial charge in [0.1, 0.15) is 81.2 Å². The van der Waals surface area contributed by atoms with Crippen LogP contribution in [0.2, 0.25) is 0 Å². The lowest BCUT2D eigenvalue weighted by molar-refractivity contribution is 0.221. The van der Waals surface area contributed by atoms with Crippen LogP contribution in [0.25, 0.3) is 12.2 Å². The van der Waals surface area contributed by atoms with Crippen LogP contribution in [0.15, 0.2) is 146 Å². The smallest absolute Gasteiger partial charge is 0.135 e. The minimum Gasteiger partial charge on any atom is -0.508 e. The Balaban J connectivity index is 1.10. The second kappa shape index (κ2) is 15.9. The molecule has 3 unspecified atom stereocenters. The molecule has 1 aliphatic carbocycles. The number of benzene rings is 8. The maximum Gasteiger partial charge on any atom is 0.135 e. The highest BCUT2D eigenvalue weighted by Gasteiger charge is 2.48. The second-order valence-electron chi connectivity index (χ2n) is 17.6. The third-order valence-corrected chi connectivity index (χ3v) is 13.4. The Morgan fingerprint density at radius 2 is 0.809 bits per heavy atom. The van der Waals surface area contributed by atoms with Crippen molar-refractivity contribution < 1.29 is 60.5 Å². The average Bonchev–Trinajstić information content (AvgIpc) is 3.84. The summed E-state index contributed by atoms with van der Waals surface area (Å²) >= 11 is 0. The average molecular weight is 907 g/mol. The van der Waals surface area contributed by atoms with Gasteiger partial charge in [-0.3, -0.25) is 0 Å². The zero-order valence-electron chi connectivity index (χ0n) is 35.8. The molecule has 2 heterocycles. The normalized spacial score (nSPS) is 19.9. The SMILES string of the molecule is Oc1ccc(C2Oc3cc(O)cc4c3[C@@H]2c2cc(O)cc(O)c2C(c2ccc(O)cc2)[C@H]4c2cc(/C=C\c3cc(O)cc4c3C(c3cc(O)cc(O)c3)[C@@H](c3ccc(O)cc3)O4)ccc2O)cc1. The fourth-order valence-corrected chi connectivity index (χ4v) is 10.6. The van der Waals surface area contributed by atoms with E-state index in [4.69, 9.17) is 9.47 Å². The van der Waals surface area contributed by atoms with E-state index >= 15 is 0 Å². The Labute approximate surface area is 388 Å². The molecule has 0 amide bonds. The standard InChI is InChI=1S/C56H42O12/c57-33-10-4-28(5-11-33)49-51(42-23-40(64)26-47-53(42)54(43-22-39(63)24-45(66)52(43)49)56(68-47)30-8-14-35(59)15-9-30)41-17-27(2-16-44(41)65)1-3-31-18-38(62)25-46-48(31)50(32-19-36(60)21-37(61)20-32)55(67-46)29-6-12-34(58)13-7-29/h1-26,49-51,54-66H/b3-1-/t49?,50?,51-,54-,55+,56?/m0/s1. The maximum absolute atomic E-state index is 12.1. The van der Waals surface area contributed by atoms with E-state index in [1.54, 1.807) is 97.1 Å². The number of ether oxygens (including phenoxy) is 2. The third-order valence-electron chi connectivity index (χ3n) is 13.4. The first-order chi connectivity index (χ1) is 32.8. The van der Waals surface area contributed by atoms with Gasteiger partial charge in [-0.2, -0.15) is 0 Å². The summed E-state index contributed by atoms with van der Waals surface area (Å²) in [6.45, 7) is 0. The predicted molar refractivity (Wildman–Crippen MR) is 251 cm³/mol. The molecule has 12 nitrogen and oxygen atoms in total. The summed E-state index contributed by atoms with van der Waals surface area (Å²) in [5.41, 5.74) is 6.91. The van der Waals surface area contributed by atoms with Gasteiger partial charge in [-0.15, -0.1) is 0 Å². The minimum absolute atomic E-state index is 0.00509. The molecule has 3 aliphatic rings. The van der Waals surface area contributed by atoms with Crippen LogP contribution in [-0.4, -0.2) is 51.1 Å². The molecule has 0 radical (unpaired) electrons. The summed E-state index contributed by atoms with van der Waals surface area (Å²) in [7, 11) is 0. The van der Waals surface area contributed by atoms with Crippen molar-refractivity contribution >= 4 is 12.2 Å². The summed E-state index contributed by atoms with van der Waals surface area (Å²) in [6, 6.07) is 38.0. The highest BCUT2D eigenvalue weighted by molar-refractivity contribution is 5.77. The van der Waals surface area contributed by atoms with Crippen LogP contribution < -0.4 is 9.47 Å². The molecule has 0 fully saturated rings. The van der Waals surface area contributed by atoms with Gasteiger partial charge in [-0.1, -0.05) is 54.6 Å². The van der Waals surface area contributed by atoms with Crippen LogP contribution in [0.5, 0.6) is 69.0 Å². The highest BCUT2D eigenvalue weighted by atomic mass is 16.5. The summed E-state index contributed by atoms with van der Waals surface area (Å²) in [5, 5.41) is 110. The van der Waals surface area contributed by atoms with Crippen LogP contribution in [0.1, 0.15) is 103 Å². The predicted octanol–water partition coefficient (Wildman–Crippen LogP) is 10.7. The van der Waals surface area contributed by atoms with Crippen LogP contribution in [0.3, 0.4) is 0 Å². The van der Waals surface area contributed by atoms with Crippen molar-refractivity contribution in [3.63, 3.8) is 0 Å². The van der Waals surface area contributed by atoms with Crippen molar-refractivity contribution in [2.75, 3.05) is 0 Å². The summed E-state index contributed by atoms with van der Waals surface area (Å²) in [6.07, 6.45) is 2.15. The minimum atomic E-state index is -0.859. The van der Waals surface area contributed by atoms with E-state index < -0.39 is 35.9 Å². The van der Waals surface area contributed by atoms with Gasteiger partial charge in [-0.25, -0.2) is 0 Å². The van der Waals surface area contributed by atoms with Gasteiger partial charge in [0, 0.05) is 58.4 Å². The zero-order valence-corrected chi connectivity index (χ0v) is 35.8. The number of hydrogen-bond acceptors (Lipinski definition) is 12. The molecule has 11 rings (SSSR count). The van der Waals surface area contributed by atoms with Crippen molar-refractivity contribution in [1.82, 2.24) is 0 Å². The lowest BCUT2D eigenvalue weighted by Gasteiger charge is -2.31. The molecule has 0 aromatic heterocycles. The Morgan fingerprint density at radius 1 is 0.309 bits per heavy atom. The van der Waals surface area contributed by atoms with E-state index in [1.165, 1.54) is 60.7 Å². The van der Waals surface area contributed by atoms with E-state index in [0.29, 0.717) is 78.3 Å². The molecule has 2 aliphatic heterocycles. The Bertz CT molecular complexity index is 3310. The van der Waals surface area contributed by atoms with Crippen molar-refractivity contribution in [3.8, 4) is 69.0 Å². The zero-order chi connectivity index (χ0) is 47.1. The molecule has 10 N–H and O–H groups in total. The third kappa shape index (κ3) is 7.10. The van der Waals surface area contributed by atoms with Gasteiger partial charge < -0.3 is 60.5 Å². The fourth-order valence-electron chi connectivity index (χ4n) is 10.6. The molecule has 68 heavy (non-hydrogen) atoms. The topological polar surface area (TPSA) is 221 Å². The van der Waals surface area contributed by atoms with Gasteiger partial charge in [0.2, 0.25) is 0 Å². The van der Waals surface area contributed by atoms with Crippen molar-refractivity contribution in [2.45, 2.75) is 35.9 Å². The van der Waals surface area contributed by atoms with Gasteiger partial charge in [0.15, 0.2) is 0 Å². The van der Waals surface area contributed by atoms with E-state index in [-0.39, 0.29) is 57.5 Å². The van der Waals surface area contributed by atoms with Gasteiger partial charge in [-0.05, 0) is 123 Å². The number of aromatic hydroxyl groups is 10. The molecule has 338 valence electrons. The molecule has 0 bridgehead atoms. The molecule has 12 heteroatoms. The largest absolute Gasteiger partial charge is 0.508 e. The fraction of sp³-hybridized carbons (Fsp3) is 0.107. The lowest BCUT2D eigenvalue weighted by Crippen LogP contribution is -2.16. The molecular weight excluding hydrogens is 865 g/mol. The van der Waals surface area contributed by atoms with E-state index in [1.807, 2.05) is 0 Å². The van der Waals surface area contributed by atoms with Crippen LogP contribution in [0.4, 0.5) is 0 Å². The van der Waals surface area contributed by atoms with Gasteiger partial charge in [0.05, 0.1) is 11.8 Å². The van der Waals surface area contributed by atoms with Gasteiger partial charge in [0.25, 0.3) is 0 Å². The summed E-state index contributed by atoms with van der Waals surface area (Å²) < 4.78 is 13.2. The molecule has 0 saturated heterocycles. The molecule has 8 aromatic rings.